The third kappa shape index (κ3) is 4.39. The number of fused-ring (bicyclic) bond motifs is 1. The van der Waals surface area contributed by atoms with E-state index in [2.05, 4.69) is 43.1 Å². The van der Waals surface area contributed by atoms with Crippen LogP contribution >= 0.6 is 0 Å². The van der Waals surface area contributed by atoms with E-state index in [1.54, 1.807) is 0 Å². The minimum Gasteiger partial charge on any atom is -0.365 e. The molecule has 1 atom stereocenters. The molecule has 2 rings (SSSR count). The molecule has 0 aliphatic heterocycles. The Morgan fingerprint density at radius 1 is 1.10 bits per heavy atom. The summed E-state index contributed by atoms with van der Waals surface area (Å²) in [6.07, 6.45) is 1.12. The minimum atomic E-state index is 0.383. The molecule has 0 aliphatic rings. The largest absolute Gasteiger partial charge is 0.365 e. The number of aromatic nitrogens is 2. The first-order chi connectivity index (χ1) is 9.95. The van der Waals surface area contributed by atoms with E-state index >= 15 is 0 Å². The molecule has 4 heteroatoms. The van der Waals surface area contributed by atoms with Crippen molar-refractivity contribution < 1.29 is 0 Å². The molecule has 0 spiro atoms. The summed E-state index contributed by atoms with van der Waals surface area (Å²) >= 11 is 0. The van der Waals surface area contributed by atoms with Crippen LogP contribution in [0.25, 0.3) is 11.0 Å². The first kappa shape index (κ1) is 15.7. The predicted octanol–water partition coefficient (Wildman–Crippen LogP) is 3.33. The lowest BCUT2D eigenvalue weighted by atomic mass is 10.0. The molecule has 4 nitrogen and oxygen atoms in total. The van der Waals surface area contributed by atoms with Gasteiger partial charge in [-0.25, -0.2) is 9.97 Å². The molecule has 0 aliphatic carbocycles. The van der Waals surface area contributed by atoms with E-state index in [0.717, 1.165) is 35.5 Å². The molecule has 0 amide bonds. The van der Waals surface area contributed by atoms with E-state index in [1.807, 2.05) is 31.2 Å². The summed E-state index contributed by atoms with van der Waals surface area (Å²) in [4.78, 5) is 11.6. The SMILES string of the molecule is Cc1nc2ccccc2nc1NC(CC(C)C)CN(C)C. The van der Waals surface area contributed by atoms with Gasteiger partial charge >= 0.3 is 0 Å². The van der Waals surface area contributed by atoms with Crippen LogP contribution in [0, 0.1) is 12.8 Å². The summed E-state index contributed by atoms with van der Waals surface area (Å²) in [5.74, 6) is 1.55. The number of likely N-dealkylation sites (N-methyl/N-ethyl adjacent to an activating group) is 1. The molecule has 1 heterocycles. The Balaban J connectivity index is 2.24. The zero-order valence-electron chi connectivity index (χ0n) is 13.7. The molecule has 0 saturated carbocycles. The standard InChI is InChI=1S/C17H26N4/c1-12(2)10-14(11-21(4)5)19-17-13(3)18-15-8-6-7-9-16(15)20-17/h6-9,12,14H,10-11H2,1-5H3,(H,19,20). The molecule has 21 heavy (non-hydrogen) atoms. The van der Waals surface area contributed by atoms with Gasteiger partial charge in [-0.05, 0) is 45.5 Å². The van der Waals surface area contributed by atoms with Crippen LogP contribution in [0.3, 0.4) is 0 Å². The molecule has 1 aromatic heterocycles. The molecule has 2 aromatic rings. The Hall–Kier alpha value is -1.68. The summed E-state index contributed by atoms with van der Waals surface area (Å²) < 4.78 is 0. The van der Waals surface area contributed by atoms with Crippen molar-refractivity contribution in [1.29, 1.82) is 0 Å². The molecule has 114 valence electrons. The van der Waals surface area contributed by atoms with Gasteiger partial charge in [-0.2, -0.15) is 0 Å². The lowest BCUT2D eigenvalue weighted by Gasteiger charge is -2.25. The molecule has 1 unspecified atom stereocenters. The smallest absolute Gasteiger partial charge is 0.148 e. The van der Waals surface area contributed by atoms with Crippen LogP contribution in [0.2, 0.25) is 0 Å². The average molecular weight is 286 g/mol. The summed E-state index contributed by atoms with van der Waals surface area (Å²) in [5.41, 5.74) is 2.86. The van der Waals surface area contributed by atoms with E-state index in [0.29, 0.717) is 12.0 Å². The van der Waals surface area contributed by atoms with Crippen LogP contribution in [0.1, 0.15) is 26.0 Å². The lowest BCUT2D eigenvalue weighted by Crippen LogP contribution is -2.34. The van der Waals surface area contributed by atoms with Crippen LogP contribution < -0.4 is 5.32 Å². The van der Waals surface area contributed by atoms with Gasteiger partial charge in [0, 0.05) is 12.6 Å². The third-order valence-corrected chi connectivity index (χ3v) is 3.43. The second-order valence-electron chi connectivity index (χ2n) is 6.38. The highest BCUT2D eigenvalue weighted by atomic mass is 15.1. The Bertz CT molecular complexity index is 582. The number of benzene rings is 1. The van der Waals surface area contributed by atoms with Crippen LogP contribution in [0.4, 0.5) is 5.82 Å². The fourth-order valence-electron chi connectivity index (χ4n) is 2.61. The fraction of sp³-hybridized carbons (Fsp3) is 0.529. The molecule has 0 radical (unpaired) electrons. The fourth-order valence-corrected chi connectivity index (χ4v) is 2.61. The van der Waals surface area contributed by atoms with Crippen molar-refractivity contribution in [2.45, 2.75) is 33.2 Å². The molecular weight excluding hydrogens is 260 g/mol. The third-order valence-electron chi connectivity index (χ3n) is 3.43. The number of para-hydroxylation sites is 2. The first-order valence-electron chi connectivity index (χ1n) is 7.60. The second-order valence-corrected chi connectivity index (χ2v) is 6.38. The maximum Gasteiger partial charge on any atom is 0.148 e. The highest BCUT2D eigenvalue weighted by Crippen LogP contribution is 2.18. The van der Waals surface area contributed by atoms with Crippen LogP contribution in [0.5, 0.6) is 0 Å². The van der Waals surface area contributed by atoms with Crippen molar-refractivity contribution in [3.05, 3.63) is 30.0 Å². The number of rotatable bonds is 6. The Labute approximate surface area is 127 Å². The molecular formula is C17H26N4. The number of anilines is 1. The number of aryl methyl sites for hydroxylation is 1. The van der Waals surface area contributed by atoms with Gasteiger partial charge in [-0.1, -0.05) is 26.0 Å². The minimum absolute atomic E-state index is 0.383. The monoisotopic (exact) mass is 286 g/mol. The van der Waals surface area contributed by atoms with Crippen molar-refractivity contribution in [1.82, 2.24) is 14.9 Å². The van der Waals surface area contributed by atoms with Gasteiger partial charge in [0.15, 0.2) is 0 Å². The van der Waals surface area contributed by atoms with E-state index in [9.17, 15) is 0 Å². The predicted molar refractivity (Wildman–Crippen MR) is 89.7 cm³/mol. The van der Waals surface area contributed by atoms with Crippen LogP contribution in [-0.4, -0.2) is 41.5 Å². The summed E-state index contributed by atoms with van der Waals surface area (Å²) in [6.45, 7) is 7.52. The van der Waals surface area contributed by atoms with Gasteiger partial charge in [-0.15, -0.1) is 0 Å². The molecule has 0 bridgehead atoms. The number of hydrogen-bond donors (Lipinski definition) is 1. The van der Waals surface area contributed by atoms with Crippen molar-refractivity contribution in [3.63, 3.8) is 0 Å². The quantitative estimate of drug-likeness (QED) is 0.884. The second kappa shape index (κ2) is 6.85. The maximum absolute atomic E-state index is 4.74. The highest BCUT2D eigenvalue weighted by molar-refractivity contribution is 5.76. The highest BCUT2D eigenvalue weighted by Gasteiger charge is 2.14. The van der Waals surface area contributed by atoms with E-state index in [4.69, 9.17) is 4.98 Å². The average Bonchev–Trinajstić information content (AvgIpc) is 2.38. The summed E-state index contributed by atoms with van der Waals surface area (Å²) in [5, 5.41) is 3.59. The van der Waals surface area contributed by atoms with Crippen LogP contribution in [0.15, 0.2) is 24.3 Å². The summed E-state index contributed by atoms with van der Waals surface area (Å²) in [6, 6.07) is 8.40. The zero-order chi connectivity index (χ0) is 15.4. The number of hydrogen-bond acceptors (Lipinski definition) is 4. The van der Waals surface area contributed by atoms with Crippen molar-refractivity contribution in [2.24, 2.45) is 5.92 Å². The number of nitrogens with zero attached hydrogens (tertiary/aromatic N) is 3. The van der Waals surface area contributed by atoms with Gasteiger partial charge in [0.2, 0.25) is 0 Å². The number of nitrogens with one attached hydrogen (secondary N) is 1. The van der Waals surface area contributed by atoms with Gasteiger partial charge in [0.1, 0.15) is 5.82 Å². The van der Waals surface area contributed by atoms with Crippen molar-refractivity contribution in [2.75, 3.05) is 26.0 Å². The van der Waals surface area contributed by atoms with E-state index in [-0.39, 0.29) is 0 Å². The van der Waals surface area contributed by atoms with Gasteiger partial charge in [0.25, 0.3) is 0 Å². The van der Waals surface area contributed by atoms with Gasteiger partial charge in [0.05, 0.1) is 16.7 Å². The molecule has 1 aromatic carbocycles. The Morgan fingerprint density at radius 3 is 2.29 bits per heavy atom. The normalized spacial score (nSPS) is 13.1. The van der Waals surface area contributed by atoms with Crippen molar-refractivity contribution in [3.8, 4) is 0 Å². The Kier molecular flexibility index (Phi) is 5.12. The topological polar surface area (TPSA) is 41.1 Å². The van der Waals surface area contributed by atoms with Gasteiger partial charge in [-0.3, -0.25) is 0 Å². The molecule has 0 fully saturated rings. The van der Waals surface area contributed by atoms with E-state index in [1.165, 1.54) is 0 Å². The van der Waals surface area contributed by atoms with Crippen LogP contribution in [-0.2, 0) is 0 Å². The molecule has 1 N–H and O–H groups in total. The lowest BCUT2D eigenvalue weighted by molar-refractivity contribution is 0.356. The van der Waals surface area contributed by atoms with E-state index < -0.39 is 0 Å². The molecule has 0 saturated heterocycles. The van der Waals surface area contributed by atoms with Crippen molar-refractivity contribution >= 4 is 16.9 Å². The Morgan fingerprint density at radius 2 is 1.71 bits per heavy atom. The summed E-state index contributed by atoms with van der Waals surface area (Å²) in [7, 11) is 4.21. The first-order valence-corrected chi connectivity index (χ1v) is 7.60. The zero-order valence-corrected chi connectivity index (χ0v) is 13.7. The van der Waals surface area contributed by atoms with Gasteiger partial charge < -0.3 is 10.2 Å². The maximum atomic E-state index is 4.74.